The Hall–Kier alpha value is -3.29. The molecule has 1 aromatic carbocycles. The highest BCUT2D eigenvalue weighted by atomic mass is 19.1. The summed E-state index contributed by atoms with van der Waals surface area (Å²) >= 11 is 0. The number of pyridine rings is 1. The number of aromatic nitrogens is 3. The van der Waals surface area contributed by atoms with Gasteiger partial charge < -0.3 is 10.6 Å². The molecular formula is C17H17FN6O. The first-order chi connectivity index (χ1) is 12.0. The van der Waals surface area contributed by atoms with E-state index < -0.39 is 0 Å². The Morgan fingerprint density at radius 2 is 1.96 bits per heavy atom. The summed E-state index contributed by atoms with van der Waals surface area (Å²) in [5.41, 5.74) is 2.43. The Kier molecular flexibility index (Phi) is 4.69. The van der Waals surface area contributed by atoms with Crippen LogP contribution in [0.15, 0.2) is 36.5 Å². The number of anilines is 3. The van der Waals surface area contributed by atoms with Gasteiger partial charge in [0.05, 0.1) is 6.20 Å². The van der Waals surface area contributed by atoms with Crippen molar-refractivity contribution in [1.82, 2.24) is 20.3 Å². The zero-order chi connectivity index (χ0) is 17.8. The van der Waals surface area contributed by atoms with Crippen molar-refractivity contribution in [3.8, 4) is 0 Å². The third-order valence-corrected chi connectivity index (χ3v) is 3.45. The first-order valence-electron chi connectivity index (χ1n) is 7.77. The van der Waals surface area contributed by atoms with Crippen LogP contribution in [0.2, 0.25) is 0 Å². The van der Waals surface area contributed by atoms with Gasteiger partial charge in [0.25, 0.3) is 0 Å². The molecule has 0 unspecified atom stereocenters. The summed E-state index contributed by atoms with van der Waals surface area (Å²) in [5.74, 6) is 0.462. The van der Waals surface area contributed by atoms with E-state index in [0.717, 1.165) is 5.56 Å². The van der Waals surface area contributed by atoms with Gasteiger partial charge in [-0.05, 0) is 43.7 Å². The van der Waals surface area contributed by atoms with Gasteiger partial charge in [-0.1, -0.05) is 6.07 Å². The lowest BCUT2D eigenvalue weighted by Gasteiger charge is -2.10. The molecule has 3 N–H and O–H groups in total. The number of nitrogens with zero attached hydrogens (tertiary/aromatic N) is 3. The molecule has 0 saturated carbocycles. The Morgan fingerprint density at radius 1 is 1.16 bits per heavy atom. The van der Waals surface area contributed by atoms with Crippen LogP contribution in [0.5, 0.6) is 0 Å². The summed E-state index contributed by atoms with van der Waals surface area (Å²) in [7, 11) is 0. The average Bonchev–Trinajstić information content (AvgIpc) is 2.58. The first-order valence-corrected chi connectivity index (χ1v) is 7.77. The Labute approximate surface area is 143 Å². The zero-order valence-electron chi connectivity index (χ0n) is 13.8. The van der Waals surface area contributed by atoms with Crippen LogP contribution in [0.4, 0.5) is 26.5 Å². The predicted octanol–water partition coefficient (Wildman–Crippen LogP) is 3.36. The summed E-state index contributed by atoms with van der Waals surface area (Å²) in [6.07, 6.45) is 1.55. The predicted molar refractivity (Wildman–Crippen MR) is 94.4 cm³/mol. The number of urea groups is 1. The standard InChI is InChI=1S/C17H17FN6O/c1-3-19-17(25)24-14-7-6-12-16(22-14)23-15(9-20-12)21-13-8-11(18)5-4-10(13)2/h4-9H,3H2,1-2H3,(H3,19,21,22,23,24,25). The van der Waals surface area contributed by atoms with Crippen LogP contribution in [-0.4, -0.2) is 27.5 Å². The van der Waals surface area contributed by atoms with Crippen molar-refractivity contribution in [3.63, 3.8) is 0 Å². The summed E-state index contributed by atoms with van der Waals surface area (Å²) < 4.78 is 13.4. The highest BCUT2D eigenvalue weighted by molar-refractivity contribution is 5.89. The molecule has 2 amide bonds. The Morgan fingerprint density at radius 3 is 2.76 bits per heavy atom. The molecule has 0 radical (unpaired) electrons. The van der Waals surface area contributed by atoms with Gasteiger partial charge in [-0.3, -0.25) is 5.32 Å². The zero-order valence-corrected chi connectivity index (χ0v) is 13.8. The van der Waals surface area contributed by atoms with Crippen LogP contribution in [0.1, 0.15) is 12.5 Å². The van der Waals surface area contributed by atoms with Gasteiger partial charge >= 0.3 is 6.03 Å². The molecule has 0 aliphatic carbocycles. The molecule has 2 aromatic heterocycles. The second kappa shape index (κ2) is 7.08. The fourth-order valence-corrected chi connectivity index (χ4v) is 2.22. The monoisotopic (exact) mass is 340 g/mol. The number of halogens is 1. The molecule has 8 heteroatoms. The third-order valence-electron chi connectivity index (χ3n) is 3.45. The maximum Gasteiger partial charge on any atom is 0.320 e. The summed E-state index contributed by atoms with van der Waals surface area (Å²) in [6.45, 7) is 4.20. The average molecular weight is 340 g/mol. The molecule has 0 saturated heterocycles. The molecule has 3 rings (SSSR count). The van der Waals surface area contributed by atoms with Crippen LogP contribution in [0.3, 0.4) is 0 Å². The summed E-state index contributed by atoms with van der Waals surface area (Å²) in [5, 5.41) is 8.28. The normalized spacial score (nSPS) is 10.5. The molecule has 128 valence electrons. The van der Waals surface area contributed by atoms with E-state index in [1.54, 1.807) is 24.4 Å². The van der Waals surface area contributed by atoms with Crippen molar-refractivity contribution in [3.05, 3.63) is 47.9 Å². The van der Waals surface area contributed by atoms with E-state index in [-0.39, 0.29) is 11.8 Å². The van der Waals surface area contributed by atoms with E-state index >= 15 is 0 Å². The fraction of sp³-hybridized carbons (Fsp3) is 0.176. The van der Waals surface area contributed by atoms with Gasteiger partial charge in [-0.2, -0.15) is 0 Å². The van der Waals surface area contributed by atoms with E-state index in [9.17, 15) is 9.18 Å². The number of nitrogens with one attached hydrogen (secondary N) is 3. The molecule has 0 atom stereocenters. The summed E-state index contributed by atoms with van der Waals surface area (Å²) in [6, 6.07) is 7.49. The van der Waals surface area contributed by atoms with Gasteiger partial charge in [0.2, 0.25) is 0 Å². The molecule has 7 nitrogen and oxygen atoms in total. The number of aryl methyl sites for hydroxylation is 1. The largest absolute Gasteiger partial charge is 0.339 e. The van der Waals surface area contributed by atoms with E-state index in [2.05, 4.69) is 30.9 Å². The highest BCUT2D eigenvalue weighted by Crippen LogP contribution is 2.21. The first kappa shape index (κ1) is 16.6. The molecule has 0 spiro atoms. The van der Waals surface area contributed by atoms with Gasteiger partial charge in [-0.25, -0.2) is 24.1 Å². The lowest BCUT2D eigenvalue weighted by atomic mass is 10.2. The van der Waals surface area contributed by atoms with Gasteiger partial charge in [0, 0.05) is 12.2 Å². The smallest absolute Gasteiger partial charge is 0.320 e. The van der Waals surface area contributed by atoms with Crippen molar-refractivity contribution >= 4 is 34.5 Å². The number of carbonyl (C=O) groups excluding carboxylic acids is 1. The topological polar surface area (TPSA) is 91.8 Å². The molecular weight excluding hydrogens is 323 g/mol. The number of hydrogen-bond acceptors (Lipinski definition) is 5. The van der Waals surface area contributed by atoms with Crippen molar-refractivity contribution in [2.45, 2.75) is 13.8 Å². The molecule has 0 bridgehead atoms. The molecule has 25 heavy (non-hydrogen) atoms. The molecule has 3 aromatic rings. The van der Waals surface area contributed by atoms with Crippen LogP contribution in [0, 0.1) is 12.7 Å². The van der Waals surface area contributed by atoms with Crippen LogP contribution in [-0.2, 0) is 0 Å². The van der Waals surface area contributed by atoms with Crippen molar-refractivity contribution in [2.75, 3.05) is 17.2 Å². The maximum atomic E-state index is 13.4. The number of rotatable bonds is 4. The molecule has 0 fully saturated rings. The molecule has 0 aliphatic heterocycles. The number of fused-ring (bicyclic) bond motifs is 1. The Balaban J connectivity index is 1.87. The van der Waals surface area contributed by atoms with Gasteiger partial charge in [0.15, 0.2) is 11.5 Å². The Bertz CT molecular complexity index is 930. The second-order valence-corrected chi connectivity index (χ2v) is 5.36. The van der Waals surface area contributed by atoms with E-state index in [1.165, 1.54) is 12.1 Å². The van der Waals surface area contributed by atoms with E-state index in [0.29, 0.717) is 35.0 Å². The lowest BCUT2D eigenvalue weighted by Crippen LogP contribution is -2.28. The molecule has 2 heterocycles. The number of benzene rings is 1. The minimum atomic E-state index is -0.341. The van der Waals surface area contributed by atoms with Gasteiger partial charge in [0.1, 0.15) is 17.2 Å². The minimum absolute atomic E-state index is 0.339. The number of carbonyl (C=O) groups is 1. The van der Waals surface area contributed by atoms with Crippen molar-refractivity contribution in [1.29, 1.82) is 0 Å². The van der Waals surface area contributed by atoms with Crippen LogP contribution >= 0.6 is 0 Å². The summed E-state index contributed by atoms with van der Waals surface area (Å²) in [4.78, 5) is 24.5. The number of hydrogen-bond donors (Lipinski definition) is 3. The van der Waals surface area contributed by atoms with E-state index in [4.69, 9.17) is 0 Å². The minimum Gasteiger partial charge on any atom is -0.339 e. The van der Waals surface area contributed by atoms with E-state index in [1.807, 2.05) is 13.8 Å². The fourth-order valence-electron chi connectivity index (χ4n) is 2.22. The van der Waals surface area contributed by atoms with Crippen LogP contribution in [0.25, 0.3) is 11.2 Å². The number of amides is 2. The third kappa shape index (κ3) is 3.97. The van der Waals surface area contributed by atoms with Crippen molar-refractivity contribution in [2.24, 2.45) is 0 Å². The molecule has 0 aliphatic rings. The van der Waals surface area contributed by atoms with Crippen molar-refractivity contribution < 1.29 is 9.18 Å². The highest BCUT2D eigenvalue weighted by Gasteiger charge is 2.07. The SMILES string of the molecule is CCNC(=O)Nc1ccc2ncc(Nc3cc(F)ccc3C)nc2n1. The second-order valence-electron chi connectivity index (χ2n) is 5.36. The van der Waals surface area contributed by atoms with Gasteiger partial charge in [-0.15, -0.1) is 0 Å². The quantitative estimate of drug-likeness (QED) is 0.677. The van der Waals surface area contributed by atoms with Crippen LogP contribution < -0.4 is 16.0 Å². The maximum absolute atomic E-state index is 13.4. The lowest BCUT2D eigenvalue weighted by molar-refractivity contribution is 0.252.